The Morgan fingerprint density at radius 2 is 1.96 bits per heavy atom. The van der Waals surface area contributed by atoms with E-state index in [-0.39, 0.29) is 24.6 Å². The van der Waals surface area contributed by atoms with E-state index in [9.17, 15) is 9.59 Å². The van der Waals surface area contributed by atoms with Crippen molar-refractivity contribution in [2.75, 3.05) is 36.5 Å². The Bertz CT molecular complexity index is 902. The van der Waals surface area contributed by atoms with Crippen LogP contribution in [0.2, 0.25) is 0 Å². The van der Waals surface area contributed by atoms with Gasteiger partial charge in [-0.05, 0) is 30.9 Å². The van der Waals surface area contributed by atoms with Crippen molar-refractivity contribution >= 4 is 17.5 Å². The molecule has 7 nitrogen and oxygen atoms in total. The van der Waals surface area contributed by atoms with Gasteiger partial charge in [0.15, 0.2) is 0 Å². The maximum Gasteiger partial charge on any atom is 0.255 e. The smallest absolute Gasteiger partial charge is 0.255 e. The number of hydrogen-bond donors (Lipinski definition) is 0. The van der Waals surface area contributed by atoms with Gasteiger partial charge in [-0.2, -0.15) is 0 Å². The minimum atomic E-state index is -0.209. The highest BCUT2D eigenvalue weighted by atomic mass is 16.5. The van der Waals surface area contributed by atoms with Crippen LogP contribution >= 0.6 is 0 Å². The van der Waals surface area contributed by atoms with Crippen molar-refractivity contribution in [1.82, 2.24) is 9.55 Å². The van der Waals surface area contributed by atoms with E-state index < -0.39 is 0 Å². The summed E-state index contributed by atoms with van der Waals surface area (Å²) in [7, 11) is 1.58. The second-order valence-electron chi connectivity index (χ2n) is 7.02. The van der Waals surface area contributed by atoms with Gasteiger partial charge in [-0.25, -0.2) is 4.98 Å². The minimum absolute atomic E-state index is 0.000731. The van der Waals surface area contributed by atoms with Crippen LogP contribution in [-0.4, -0.2) is 42.2 Å². The molecule has 0 radical (unpaired) electrons. The lowest BCUT2D eigenvalue weighted by Crippen LogP contribution is -2.38. The number of para-hydroxylation sites is 1. The number of carbonyl (C=O) groups is 1. The Labute approximate surface area is 158 Å². The quantitative estimate of drug-likeness (QED) is 0.802. The van der Waals surface area contributed by atoms with Gasteiger partial charge in [0.25, 0.3) is 5.56 Å². The topological polar surface area (TPSA) is 67.7 Å². The lowest BCUT2D eigenvalue weighted by molar-refractivity contribution is -0.119. The molecule has 2 aliphatic rings. The summed E-state index contributed by atoms with van der Waals surface area (Å²) < 4.78 is 6.65. The molecule has 0 atom stereocenters. The molecule has 0 unspecified atom stereocenters. The minimum Gasteiger partial charge on any atom is -0.378 e. The van der Waals surface area contributed by atoms with Gasteiger partial charge in [0.1, 0.15) is 6.54 Å². The molecular weight excluding hydrogens is 344 g/mol. The van der Waals surface area contributed by atoms with Gasteiger partial charge in [0.05, 0.1) is 12.3 Å². The second-order valence-corrected chi connectivity index (χ2v) is 7.02. The summed E-state index contributed by atoms with van der Waals surface area (Å²) in [4.78, 5) is 34.2. The van der Waals surface area contributed by atoms with Crippen LogP contribution in [-0.2, 0) is 29.1 Å². The molecule has 0 N–H and O–H groups in total. The highest BCUT2D eigenvalue weighted by Gasteiger charge is 2.27. The van der Waals surface area contributed by atoms with Crippen LogP contribution in [0.5, 0.6) is 0 Å². The number of rotatable bonds is 5. The Balaban J connectivity index is 1.65. The van der Waals surface area contributed by atoms with Gasteiger partial charge in [-0.3, -0.25) is 14.2 Å². The van der Waals surface area contributed by atoms with E-state index >= 15 is 0 Å². The molecule has 1 aromatic heterocycles. The fraction of sp³-hybridized carbons (Fsp3) is 0.450. The molecule has 2 aromatic rings. The molecular formula is C20H24N4O3. The summed E-state index contributed by atoms with van der Waals surface area (Å²) in [5.41, 5.74) is 2.51. The molecule has 0 saturated carbocycles. The molecule has 2 aliphatic heterocycles. The number of anilines is 2. The average molecular weight is 368 g/mol. The average Bonchev–Trinajstić information content (AvgIpc) is 3.33. The summed E-state index contributed by atoms with van der Waals surface area (Å²) >= 11 is 0. The van der Waals surface area contributed by atoms with Gasteiger partial charge < -0.3 is 14.5 Å². The number of ether oxygens (including phenoxy) is 1. The predicted octanol–water partition coefficient (Wildman–Crippen LogP) is 1.58. The zero-order chi connectivity index (χ0) is 18.8. The van der Waals surface area contributed by atoms with Crippen molar-refractivity contribution in [1.29, 1.82) is 0 Å². The maximum atomic E-state index is 13.0. The van der Waals surface area contributed by atoms with Crippen LogP contribution in [0, 0.1) is 0 Å². The van der Waals surface area contributed by atoms with Crippen LogP contribution in [0.3, 0.4) is 0 Å². The van der Waals surface area contributed by atoms with Gasteiger partial charge in [-0.1, -0.05) is 18.2 Å². The van der Waals surface area contributed by atoms with E-state index in [1.807, 2.05) is 24.3 Å². The number of nitrogens with zero attached hydrogens (tertiary/aromatic N) is 4. The molecule has 4 rings (SSSR count). The van der Waals surface area contributed by atoms with Crippen molar-refractivity contribution in [3.05, 3.63) is 51.9 Å². The van der Waals surface area contributed by atoms with Crippen LogP contribution < -0.4 is 15.4 Å². The van der Waals surface area contributed by atoms with Gasteiger partial charge in [-0.15, -0.1) is 0 Å². The molecule has 1 saturated heterocycles. The summed E-state index contributed by atoms with van der Waals surface area (Å²) in [6.07, 6.45) is 2.98. The Kier molecular flexibility index (Phi) is 4.94. The molecule has 0 spiro atoms. The third-order valence-electron chi connectivity index (χ3n) is 5.20. The largest absolute Gasteiger partial charge is 0.378 e. The first kappa shape index (κ1) is 17.7. The first-order valence-corrected chi connectivity index (χ1v) is 9.40. The molecule has 7 heteroatoms. The highest BCUT2D eigenvalue weighted by molar-refractivity contribution is 5.95. The first-order chi connectivity index (χ1) is 13.2. The third-order valence-corrected chi connectivity index (χ3v) is 5.20. The van der Waals surface area contributed by atoms with E-state index in [0.717, 1.165) is 38.0 Å². The molecule has 0 bridgehead atoms. The lowest BCUT2D eigenvalue weighted by Gasteiger charge is -2.23. The summed E-state index contributed by atoms with van der Waals surface area (Å²) in [6, 6.07) is 9.40. The number of amides is 1. The van der Waals surface area contributed by atoms with E-state index in [1.54, 1.807) is 12.0 Å². The molecule has 1 amide bonds. The molecule has 3 heterocycles. The van der Waals surface area contributed by atoms with Crippen molar-refractivity contribution in [3.8, 4) is 0 Å². The third kappa shape index (κ3) is 3.47. The second kappa shape index (κ2) is 7.52. The normalized spacial score (nSPS) is 16.0. The molecule has 1 fully saturated rings. The van der Waals surface area contributed by atoms with Crippen molar-refractivity contribution in [2.24, 2.45) is 0 Å². The van der Waals surface area contributed by atoms with Crippen molar-refractivity contribution < 1.29 is 9.53 Å². The van der Waals surface area contributed by atoms with Crippen molar-refractivity contribution in [3.63, 3.8) is 0 Å². The van der Waals surface area contributed by atoms with Gasteiger partial charge in [0, 0.05) is 38.5 Å². The first-order valence-electron chi connectivity index (χ1n) is 9.40. The number of aromatic nitrogens is 2. The van der Waals surface area contributed by atoms with Crippen molar-refractivity contribution in [2.45, 2.75) is 32.4 Å². The molecule has 27 heavy (non-hydrogen) atoms. The number of methoxy groups -OCH3 is 1. The molecule has 1 aromatic carbocycles. The van der Waals surface area contributed by atoms with E-state index in [0.29, 0.717) is 18.2 Å². The summed E-state index contributed by atoms with van der Waals surface area (Å²) in [6.45, 7) is 2.64. The maximum absolute atomic E-state index is 13.0. The van der Waals surface area contributed by atoms with E-state index in [1.165, 1.54) is 16.2 Å². The van der Waals surface area contributed by atoms with Crippen LogP contribution in [0.4, 0.5) is 11.6 Å². The number of benzene rings is 1. The van der Waals surface area contributed by atoms with E-state index in [4.69, 9.17) is 4.74 Å². The summed E-state index contributed by atoms with van der Waals surface area (Å²) in [5.74, 6) is 0.497. The zero-order valence-corrected chi connectivity index (χ0v) is 15.6. The number of carbonyl (C=O) groups excluding carboxylic acids is 1. The fourth-order valence-electron chi connectivity index (χ4n) is 3.89. The SMILES string of the molecule is COCc1cc(=O)n(CC(=O)N2CCc3ccccc32)c(N2CCCC2)n1. The Morgan fingerprint density at radius 1 is 1.19 bits per heavy atom. The van der Waals surface area contributed by atoms with E-state index in [2.05, 4.69) is 9.88 Å². The fourth-order valence-corrected chi connectivity index (χ4v) is 3.89. The monoisotopic (exact) mass is 368 g/mol. The van der Waals surface area contributed by atoms with Crippen LogP contribution in [0.25, 0.3) is 0 Å². The highest BCUT2D eigenvalue weighted by Crippen LogP contribution is 2.28. The molecule has 142 valence electrons. The Hall–Kier alpha value is -2.67. The number of fused-ring (bicyclic) bond motifs is 1. The predicted molar refractivity (Wildman–Crippen MR) is 103 cm³/mol. The van der Waals surface area contributed by atoms with Crippen LogP contribution in [0.1, 0.15) is 24.1 Å². The summed E-state index contributed by atoms with van der Waals surface area (Å²) in [5, 5.41) is 0. The van der Waals surface area contributed by atoms with Gasteiger partial charge in [0.2, 0.25) is 11.9 Å². The zero-order valence-electron chi connectivity index (χ0n) is 15.6. The lowest BCUT2D eigenvalue weighted by atomic mass is 10.2. The molecule has 0 aliphatic carbocycles. The number of hydrogen-bond acceptors (Lipinski definition) is 5. The van der Waals surface area contributed by atoms with Gasteiger partial charge >= 0.3 is 0 Å². The standard InChI is InChI=1S/C20H24N4O3/c1-27-14-16-12-18(25)24(20(21-16)22-9-4-5-10-22)13-19(26)23-11-8-15-6-2-3-7-17(15)23/h2-3,6-7,12H,4-5,8-11,13-14H2,1H3. The van der Waals surface area contributed by atoms with Crippen LogP contribution in [0.15, 0.2) is 35.1 Å². The Morgan fingerprint density at radius 3 is 2.74 bits per heavy atom.